The Morgan fingerprint density at radius 3 is 2.30 bits per heavy atom. The quantitative estimate of drug-likeness (QED) is 0.847. The van der Waals surface area contributed by atoms with Gasteiger partial charge in [-0.15, -0.1) is 24.8 Å². The highest BCUT2D eigenvalue weighted by atomic mass is 79.9. The molecule has 0 atom stereocenters. The highest BCUT2D eigenvalue weighted by molar-refractivity contribution is 9.10. The Morgan fingerprint density at radius 1 is 1.05 bits per heavy atom. The first-order valence-corrected chi connectivity index (χ1v) is 7.13. The van der Waals surface area contributed by atoms with Crippen molar-refractivity contribution in [2.75, 3.05) is 39.4 Å². The molecule has 3 rings (SSSR count). The van der Waals surface area contributed by atoms with Crippen molar-refractivity contribution in [2.45, 2.75) is 6.54 Å². The van der Waals surface area contributed by atoms with E-state index >= 15 is 0 Å². The molecule has 20 heavy (non-hydrogen) atoms. The minimum absolute atomic E-state index is 0. The molecule has 2 aliphatic heterocycles. The van der Waals surface area contributed by atoms with Gasteiger partial charge in [0.1, 0.15) is 13.2 Å². The van der Waals surface area contributed by atoms with Gasteiger partial charge in [0.05, 0.1) is 0 Å². The Kier molecular flexibility index (Phi) is 7.40. The summed E-state index contributed by atoms with van der Waals surface area (Å²) in [6.07, 6.45) is 0. The second-order valence-electron chi connectivity index (χ2n) is 4.61. The second kappa shape index (κ2) is 8.29. The summed E-state index contributed by atoms with van der Waals surface area (Å²) in [5, 5.41) is 3.37. The first kappa shape index (κ1) is 17.9. The molecule has 0 radical (unpaired) electrons. The fourth-order valence-electron chi connectivity index (χ4n) is 2.34. The van der Waals surface area contributed by atoms with E-state index in [9.17, 15) is 0 Å². The van der Waals surface area contributed by atoms with Gasteiger partial charge in [-0.3, -0.25) is 4.90 Å². The lowest BCUT2D eigenvalue weighted by molar-refractivity contribution is 0.170. The van der Waals surface area contributed by atoms with Crippen molar-refractivity contribution in [3.05, 3.63) is 22.2 Å². The van der Waals surface area contributed by atoms with E-state index in [1.807, 2.05) is 6.07 Å². The zero-order valence-corrected chi connectivity index (χ0v) is 14.3. The van der Waals surface area contributed by atoms with Crippen molar-refractivity contribution >= 4 is 40.7 Å². The molecule has 1 N–H and O–H groups in total. The highest BCUT2D eigenvalue weighted by Crippen LogP contribution is 2.35. The van der Waals surface area contributed by atoms with Crippen molar-refractivity contribution in [1.29, 1.82) is 0 Å². The van der Waals surface area contributed by atoms with Crippen molar-refractivity contribution < 1.29 is 9.47 Å². The number of benzene rings is 1. The van der Waals surface area contributed by atoms with Crippen LogP contribution < -0.4 is 14.8 Å². The summed E-state index contributed by atoms with van der Waals surface area (Å²) >= 11 is 3.62. The van der Waals surface area contributed by atoms with Crippen LogP contribution in [0.2, 0.25) is 0 Å². The number of halogens is 3. The second-order valence-corrected chi connectivity index (χ2v) is 5.47. The van der Waals surface area contributed by atoms with Crippen LogP contribution in [0.15, 0.2) is 16.6 Å². The Balaban J connectivity index is 0.000001000. The van der Waals surface area contributed by atoms with Crippen LogP contribution in [0.25, 0.3) is 0 Å². The Labute approximate surface area is 140 Å². The predicted molar refractivity (Wildman–Crippen MR) is 87.8 cm³/mol. The van der Waals surface area contributed by atoms with Gasteiger partial charge in [0.2, 0.25) is 0 Å². The zero-order valence-electron chi connectivity index (χ0n) is 11.1. The van der Waals surface area contributed by atoms with Crippen molar-refractivity contribution in [3.8, 4) is 11.5 Å². The average molecular weight is 386 g/mol. The smallest absolute Gasteiger partial charge is 0.162 e. The van der Waals surface area contributed by atoms with Gasteiger partial charge in [0.15, 0.2) is 11.5 Å². The Hall–Kier alpha value is -0.200. The molecule has 0 aliphatic carbocycles. The number of nitrogens with zero attached hydrogens (tertiary/aromatic N) is 1. The lowest BCUT2D eigenvalue weighted by atomic mass is 10.1. The maximum atomic E-state index is 5.63. The molecule has 0 saturated carbocycles. The minimum atomic E-state index is 0. The first-order chi connectivity index (χ1) is 8.83. The van der Waals surface area contributed by atoms with Crippen molar-refractivity contribution in [3.63, 3.8) is 0 Å². The number of rotatable bonds is 2. The molecule has 4 nitrogen and oxygen atoms in total. The molecule has 0 unspecified atom stereocenters. The van der Waals surface area contributed by atoms with Crippen LogP contribution in [-0.4, -0.2) is 44.3 Å². The summed E-state index contributed by atoms with van der Waals surface area (Å²) in [6, 6.07) is 4.12. The molecule has 1 aromatic carbocycles. The van der Waals surface area contributed by atoms with Gasteiger partial charge in [0, 0.05) is 37.2 Å². The maximum Gasteiger partial charge on any atom is 0.162 e. The number of hydrogen-bond donors (Lipinski definition) is 1. The summed E-state index contributed by atoms with van der Waals surface area (Å²) in [6.45, 7) is 6.57. The standard InChI is InChI=1S/C13H17BrN2O2.2ClH/c14-11-8-13-12(17-5-6-18-13)7-10(11)9-16-3-1-15-2-4-16;;/h7-8,15H,1-6,9H2;2*1H. The summed E-state index contributed by atoms with van der Waals surface area (Å²) in [4.78, 5) is 2.45. The summed E-state index contributed by atoms with van der Waals surface area (Å²) in [5.41, 5.74) is 1.26. The molecule has 1 fully saturated rings. The topological polar surface area (TPSA) is 33.7 Å². The molecule has 7 heteroatoms. The van der Waals surface area contributed by atoms with E-state index in [1.54, 1.807) is 0 Å². The van der Waals surface area contributed by atoms with E-state index < -0.39 is 0 Å². The Bertz CT molecular complexity index is 443. The predicted octanol–water partition coefficient (Wildman–Crippen LogP) is 2.47. The number of fused-ring (bicyclic) bond motifs is 1. The summed E-state index contributed by atoms with van der Waals surface area (Å²) in [5.74, 6) is 1.71. The SMILES string of the molecule is Brc1cc2c(cc1CN1CCNCC1)OCCO2.Cl.Cl. The van der Waals surface area contributed by atoms with Gasteiger partial charge in [-0.2, -0.15) is 0 Å². The van der Waals surface area contributed by atoms with E-state index in [1.165, 1.54) is 5.56 Å². The van der Waals surface area contributed by atoms with E-state index in [2.05, 4.69) is 32.2 Å². The van der Waals surface area contributed by atoms with Crippen LogP contribution in [0.1, 0.15) is 5.56 Å². The van der Waals surface area contributed by atoms with E-state index in [0.29, 0.717) is 13.2 Å². The number of hydrogen-bond acceptors (Lipinski definition) is 4. The fraction of sp³-hybridized carbons (Fsp3) is 0.538. The van der Waals surface area contributed by atoms with Crippen LogP contribution in [0, 0.1) is 0 Å². The third-order valence-electron chi connectivity index (χ3n) is 3.31. The van der Waals surface area contributed by atoms with Gasteiger partial charge in [-0.25, -0.2) is 0 Å². The van der Waals surface area contributed by atoms with Crippen molar-refractivity contribution in [1.82, 2.24) is 10.2 Å². The van der Waals surface area contributed by atoms with Gasteiger partial charge in [-0.05, 0) is 17.7 Å². The molecule has 114 valence electrons. The summed E-state index contributed by atoms with van der Waals surface area (Å²) in [7, 11) is 0. The van der Waals surface area contributed by atoms with Crippen LogP contribution in [-0.2, 0) is 6.54 Å². The monoisotopic (exact) mass is 384 g/mol. The lowest BCUT2D eigenvalue weighted by Gasteiger charge is -2.28. The van der Waals surface area contributed by atoms with Crippen LogP contribution in [0.3, 0.4) is 0 Å². The van der Waals surface area contributed by atoms with E-state index in [0.717, 1.165) is 48.7 Å². The Morgan fingerprint density at radius 2 is 1.65 bits per heavy atom. The molecule has 2 heterocycles. The van der Waals surface area contributed by atoms with Gasteiger partial charge >= 0.3 is 0 Å². The normalized spacial score (nSPS) is 17.9. The van der Waals surface area contributed by atoms with Gasteiger partial charge < -0.3 is 14.8 Å². The molecular weight excluding hydrogens is 367 g/mol. The number of ether oxygens (including phenoxy) is 2. The lowest BCUT2D eigenvalue weighted by Crippen LogP contribution is -2.42. The van der Waals surface area contributed by atoms with E-state index in [4.69, 9.17) is 9.47 Å². The van der Waals surface area contributed by atoms with Crippen molar-refractivity contribution in [2.24, 2.45) is 0 Å². The van der Waals surface area contributed by atoms with Gasteiger partial charge in [-0.1, -0.05) is 15.9 Å². The molecular formula is C13H19BrCl2N2O2. The third kappa shape index (κ3) is 4.15. The molecule has 0 bridgehead atoms. The van der Waals surface area contributed by atoms with Crippen LogP contribution in [0.5, 0.6) is 11.5 Å². The van der Waals surface area contributed by atoms with Crippen LogP contribution in [0.4, 0.5) is 0 Å². The first-order valence-electron chi connectivity index (χ1n) is 6.34. The van der Waals surface area contributed by atoms with Crippen LogP contribution >= 0.6 is 40.7 Å². The largest absolute Gasteiger partial charge is 0.486 e. The molecule has 1 saturated heterocycles. The molecule has 1 aromatic rings. The molecule has 0 amide bonds. The maximum absolute atomic E-state index is 5.63. The van der Waals surface area contributed by atoms with E-state index in [-0.39, 0.29) is 24.8 Å². The minimum Gasteiger partial charge on any atom is -0.486 e. The molecule has 0 spiro atoms. The number of nitrogens with one attached hydrogen (secondary N) is 1. The molecule has 0 aromatic heterocycles. The van der Waals surface area contributed by atoms with Gasteiger partial charge in [0.25, 0.3) is 0 Å². The molecule has 2 aliphatic rings. The number of piperazine rings is 1. The highest BCUT2D eigenvalue weighted by Gasteiger charge is 2.17. The third-order valence-corrected chi connectivity index (χ3v) is 4.05. The average Bonchev–Trinajstić information content (AvgIpc) is 2.41. The fourth-order valence-corrected chi connectivity index (χ4v) is 2.79. The zero-order chi connectivity index (χ0) is 12.4. The summed E-state index contributed by atoms with van der Waals surface area (Å²) < 4.78 is 12.3.